The maximum Gasteiger partial charge on any atom is 0.266 e. The van der Waals surface area contributed by atoms with Gasteiger partial charge < -0.3 is 10.2 Å². The Balaban J connectivity index is 1.39. The van der Waals surface area contributed by atoms with E-state index in [1.807, 2.05) is 48.5 Å². The zero-order valence-corrected chi connectivity index (χ0v) is 16.9. The van der Waals surface area contributed by atoms with Gasteiger partial charge in [-0.05, 0) is 42.2 Å². The number of hydrogen-bond acceptors (Lipinski definition) is 3. The number of nitrogens with zero attached hydrogens (tertiary/aromatic N) is 2. The molecule has 4 heteroatoms. The first kappa shape index (κ1) is 19.7. The molecule has 0 aliphatic carbocycles. The Hall–Kier alpha value is -3.58. The molecule has 1 heterocycles. The van der Waals surface area contributed by atoms with Crippen molar-refractivity contribution < 1.29 is 4.79 Å². The Morgan fingerprint density at radius 2 is 1.70 bits per heavy atom. The number of nitriles is 1. The quantitative estimate of drug-likeness (QED) is 0.481. The van der Waals surface area contributed by atoms with Gasteiger partial charge in [-0.3, -0.25) is 4.79 Å². The fourth-order valence-electron chi connectivity index (χ4n) is 4.10. The number of carbonyl (C=O) groups is 1. The molecule has 3 aromatic carbocycles. The second kappa shape index (κ2) is 9.28. The lowest BCUT2D eigenvalue weighted by Crippen LogP contribution is -2.39. The highest BCUT2D eigenvalue weighted by Gasteiger charge is 2.25. The lowest BCUT2D eigenvalue weighted by molar-refractivity contribution is -0.128. The molecule has 3 aromatic rings. The number of amides is 1. The van der Waals surface area contributed by atoms with Crippen molar-refractivity contribution >= 4 is 22.4 Å². The van der Waals surface area contributed by atoms with Crippen LogP contribution in [-0.4, -0.2) is 23.9 Å². The van der Waals surface area contributed by atoms with Gasteiger partial charge in [-0.15, -0.1) is 0 Å². The van der Waals surface area contributed by atoms with Gasteiger partial charge in [0.05, 0.1) is 0 Å². The Labute approximate surface area is 177 Å². The van der Waals surface area contributed by atoms with Crippen molar-refractivity contribution in [1.29, 1.82) is 5.26 Å². The summed E-state index contributed by atoms with van der Waals surface area (Å²) in [5, 5.41) is 14.9. The van der Waals surface area contributed by atoms with Gasteiger partial charge >= 0.3 is 0 Å². The zero-order valence-electron chi connectivity index (χ0n) is 16.9. The molecule has 0 aromatic heterocycles. The number of hydrogen-bond donors (Lipinski definition) is 1. The second-order valence-electron chi connectivity index (χ2n) is 7.77. The van der Waals surface area contributed by atoms with Crippen molar-refractivity contribution in [1.82, 2.24) is 4.90 Å². The van der Waals surface area contributed by atoms with Gasteiger partial charge in [0.15, 0.2) is 0 Å². The third kappa shape index (κ3) is 4.52. The van der Waals surface area contributed by atoms with Crippen LogP contribution in [-0.2, 0) is 11.2 Å². The normalized spacial score (nSPS) is 15.0. The van der Waals surface area contributed by atoms with Crippen LogP contribution in [0.25, 0.3) is 10.8 Å². The summed E-state index contributed by atoms with van der Waals surface area (Å²) in [4.78, 5) is 14.7. The van der Waals surface area contributed by atoms with Crippen LogP contribution in [0.5, 0.6) is 0 Å². The van der Waals surface area contributed by atoms with Crippen LogP contribution in [0.15, 0.2) is 84.6 Å². The fraction of sp³-hybridized carbons (Fsp3) is 0.231. The molecule has 1 amide bonds. The molecule has 0 radical (unpaired) electrons. The number of likely N-dealkylation sites (tertiary alicyclic amines) is 1. The molecule has 150 valence electrons. The molecule has 0 bridgehead atoms. The highest BCUT2D eigenvalue weighted by atomic mass is 16.2. The highest BCUT2D eigenvalue weighted by Crippen LogP contribution is 2.24. The van der Waals surface area contributed by atoms with E-state index in [2.05, 4.69) is 35.7 Å². The predicted molar refractivity (Wildman–Crippen MR) is 121 cm³/mol. The molecule has 1 aliphatic rings. The minimum atomic E-state index is -0.191. The summed E-state index contributed by atoms with van der Waals surface area (Å²) in [5.41, 5.74) is 2.37. The van der Waals surface area contributed by atoms with Crippen LogP contribution in [0.2, 0.25) is 0 Å². The molecule has 0 saturated carbocycles. The number of carbonyl (C=O) groups excluding carboxylic acids is 1. The van der Waals surface area contributed by atoms with E-state index in [0.717, 1.165) is 35.7 Å². The van der Waals surface area contributed by atoms with Crippen LogP contribution in [0, 0.1) is 17.2 Å². The maximum absolute atomic E-state index is 12.9. The lowest BCUT2D eigenvalue weighted by atomic mass is 9.90. The average Bonchev–Trinajstić information content (AvgIpc) is 2.80. The summed E-state index contributed by atoms with van der Waals surface area (Å²) < 4.78 is 0. The molecule has 1 fully saturated rings. The van der Waals surface area contributed by atoms with Crippen molar-refractivity contribution in [2.24, 2.45) is 5.92 Å². The van der Waals surface area contributed by atoms with Gasteiger partial charge in [-0.2, -0.15) is 5.26 Å². The van der Waals surface area contributed by atoms with Crippen LogP contribution in [0.1, 0.15) is 18.4 Å². The number of piperidine rings is 1. The summed E-state index contributed by atoms with van der Waals surface area (Å²) in [6, 6.07) is 26.6. The van der Waals surface area contributed by atoms with Crippen molar-refractivity contribution in [3.05, 3.63) is 90.1 Å². The third-order valence-electron chi connectivity index (χ3n) is 5.78. The molecule has 4 rings (SSSR count). The number of rotatable bonds is 5. The van der Waals surface area contributed by atoms with Crippen molar-refractivity contribution in [2.75, 3.05) is 18.4 Å². The van der Waals surface area contributed by atoms with E-state index in [9.17, 15) is 10.1 Å². The van der Waals surface area contributed by atoms with Crippen molar-refractivity contribution in [3.63, 3.8) is 0 Å². The van der Waals surface area contributed by atoms with E-state index in [4.69, 9.17) is 0 Å². The molecule has 0 atom stereocenters. The minimum absolute atomic E-state index is 0.143. The first-order valence-corrected chi connectivity index (χ1v) is 10.4. The maximum atomic E-state index is 12.9. The SMILES string of the molecule is N#C/C(=C/Nc1cccc2ccccc12)C(=O)N1CCC(Cc2ccccc2)CC1. The van der Waals surface area contributed by atoms with E-state index in [-0.39, 0.29) is 11.5 Å². The molecule has 4 nitrogen and oxygen atoms in total. The first-order chi connectivity index (χ1) is 14.7. The van der Waals surface area contributed by atoms with Gasteiger partial charge in [-0.1, -0.05) is 66.7 Å². The summed E-state index contributed by atoms with van der Waals surface area (Å²) >= 11 is 0. The van der Waals surface area contributed by atoms with E-state index >= 15 is 0 Å². The minimum Gasteiger partial charge on any atom is -0.360 e. The number of benzene rings is 3. The van der Waals surface area contributed by atoms with E-state index in [0.29, 0.717) is 19.0 Å². The summed E-state index contributed by atoms with van der Waals surface area (Å²) in [6.07, 6.45) is 4.53. The predicted octanol–water partition coefficient (Wildman–Crippen LogP) is 5.14. The van der Waals surface area contributed by atoms with E-state index in [1.165, 1.54) is 5.56 Å². The number of fused-ring (bicyclic) bond motifs is 1. The van der Waals surface area contributed by atoms with Crippen molar-refractivity contribution in [3.8, 4) is 6.07 Å². The van der Waals surface area contributed by atoms with Crippen LogP contribution in [0.3, 0.4) is 0 Å². The smallest absolute Gasteiger partial charge is 0.266 e. The summed E-state index contributed by atoms with van der Waals surface area (Å²) in [7, 11) is 0. The molecule has 1 N–H and O–H groups in total. The average molecular weight is 396 g/mol. The van der Waals surface area contributed by atoms with Gasteiger partial charge in [-0.25, -0.2) is 0 Å². The zero-order chi connectivity index (χ0) is 20.8. The monoisotopic (exact) mass is 395 g/mol. The molecule has 1 aliphatic heterocycles. The Morgan fingerprint density at radius 3 is 2.47 bits per heavy atom. The number of anilines is 1. The van der Waals surface area contributed by atoms with E-state index in [1.54, 1.807) is 11.1 Å². The second-order valence-corrected chi connectivity index (χ2v) is 7.77. The Kier molecular flexibility index (Phi) is 6.10. The van der Waals surface area contributed by atoms with Crippen molar-refractivity contribution in [2.45, 2.75) is 19.3 Å². The summed E-state index contributed by atoms with van der Waals surface area (Å²) in [5.74, 6) is 0.392. The van der Waals surface area contributed by atoms with Gasteiger partial charge in [0.2, 0.25) is 0 Å². The molecular formula is C26H25N3O. The highest BCUT2D eigenvalue weighted by molar-refractivity contribution is 5.99. The van der Waals surface area contributed by atoms with Crippen LogP contribution in [0.4, 0.5) is 5.69 Å². The molecule has 0 unspecified atom stereocenters. The van der Waals surface area contributed by atoms with E-state index < -0.39 is 0 Å². The fourth-order valence-corrected chi connectivity index (χ4v) is 4.10. The van der Waals surface area contributed by atoms with Gasteiger partial charge in [0.1, 0.15) is 11.6 Å². The Morgan fingerprint density at radius 1 is 1.00 bits per heavy atom. The molecule has 30 heavy (non-hydrogen) atoms. The summed E-state index contributed by atoms with van der Waals surface area (Å²) in [6.45, 7) is 1.40. The van der Waals surface area contributed by atoms with Gasteiger partial charge in [0, 0.05) is 30.4 Å². The number of nitrogens with one attached hydrogen (secondary N) is 1. The Bertz CT molecular complexity index is 1080. The standard InChI is InChI=1S/C26H25N3O/c27-18-23(19-28-25-12-6-10-22-9-4-5-11-24(22)25)26(30)29-15-13-21(14-16-29)17-20-7-2-1-3-8-20/h1-12,19,21,28H,13-17H2/b23-19-. The van der Waals surface area contributed by atoms with Crippen LogP contribution < -0.4 is 5.32 Å². The molecule has 0 spiro atoms. The first-order valence-electron chi connectivity index (χ1n) is 10.4. The van der Waals surface area contributed by atoms with Gasteiger partial charge in [0.25, 0.3) is 5.91 Å². The van der Waals surface area contributed by atoms with Crippen LogP contribution >= 0.6 is 0 Å². The molecule has 1 saturated heterocycles. The third-order valence-corrected chi connectivity index (χ3v) is 5.78. The molecular weight excluding hydrogens is 370 g/mol. The lowest BCUT2D eigenvalue weighted by Gasteiger charge is -2.32. The topological polar surface area (TPSA) is 56.1 Å². The largest absolute Gasteiger partial charge is 0.360 e.